The van der Waals surface area contributed by atoms with Gasteiger partial charge >= 0.3 is 0 Å². The SMILES string of the molecule is CCNCCc1c(C)nc(-c2cc(Br)cs2)nc1C. The van der Waals surface area contributed by atoms with Gasteiger partial charge in [0.25, 0.3) is 0 Å². The third kappa shape index (κ3) is 3.61. The highest BCUT2D eigenvalue weighted by atomic mass is 79.9. The molecular formula is C14H18BrN3S. The zero-order chi connectivity index (χ0) is 13.8. The molecule has 2 aromatic rings. The first-order valence-electron chi connectivity index (χ1n) is 6.41. The first-order chi connectivity index (χ1) is 9.11. The molecule has 19 heavy (non-hydrogen) atoms. The second-order valence-corrected chi connectivity index (χ2v) is 6.26. The number of aryl methyl sites for hydroxylation is 2. The van der Waals surface area contributed by atoms with Crippen molar-refractivity contribution in [3.8, 4) is 10.7 Å². The van der Waals surface area contributed by atoms with Crippen LogP contribution in [-0.4, -0.2) is 23.1 Å². The van der Waals surface area contributed by atoms with Crippen molar-refractivity contribution in [1.82, 2.24) is 15.3 Å². The fourth-order valence-electron chi connectivity index (χ4n) is 2.03. The van der Waals surface area contributed by atoms with Crippen LogP contribution in [0.1, 0.15) is 23.9 Å². The van der Waals surface area contributed by atoms with Gasteiger partial charge in [-0.2, -0.15) is 0 Å². The van der Waals surface area contributed by atoms with Crippen LogP contribution < -0.4 is 5.32 Å². The van der Waals surface area contributed by atoms with Gasteiger partial charge in [0.1, 0.15) is 0 Å². The summed E-state index contributed by atoms with van der Waals surface area (Å²) in [6.07, 6.45) is 0.986. The van der Waals surface area contributed by atoms with Crippen molar-refractivity contribution in [2.75, 3.05) is 13.1 Å². The van der Waals surface area contributed by atoms with Gasteiger partial charge in [-0.3, -0.25) is 0 Å². The van der Waals surface area contributed by atoms with Gasteiger partial charge in [-0.05, 0) is 60.9 Å². The van der Waals surface area contributed by atoms with Crippen molar-refractivity contribution < 1.29 is 0 Å². The summed E-state index contributed by atoms with van der Waals surface area (Å²) in [4.78, 5) is 10.4. The number of thiophene rings is 1. The van der Waals surface area contributed by atoms with Gasteiger partial charge in [0.15, 0.2) is 5.82 Å². The van der Waals surface area contributed by atoms with E-state index in [1.54, 1.807) is 11.3 Å². The second-order valence-electron chi connectivity index (χ2n) is 4.43. The average Bonchev–Trinajstić information content (AvgIpc) is 2.79. The molecule has 3 nitrogen and oxygen atoms in total. The van der Waals surface area contributed by atoms with Crippen LogP contribution in [0.25, 0.3) is 10.7 Å². The molecule has 0 unspecified atom stereocenters. The van der Waals surface area contributed by atoms with Crippen LogP contribution >= 0.6 is 27.3 Å². The number of halogens is 1. The maximum atomic E-state index is 4.65. The predicted molar refractivity (Wildman–Crippen MR) is 84.8 cm³/mol. The van der Waals surface area contributed by atoms with Gasteiger partial charge < -0.3 is 5.32 Å². The van der Waals surface area contributed by atoms with E-state index in [-0.39, 0.29) is 0 Å². The summed E-state index contributed by atoms with van der Waals surface area (Å²) >= 11 is 5.13. The summed E-state index contributed by atoms with van der Waals surface area (Å²) in [7, 11) is 0. The first-order valence-corrected chi connectivity index (χ1v) is 8.08. The van der Waals surface area contributed by atoms with Gasteiger partial charge in [-0.15, -0.1) is 11.3 Å². The maximum Gasteiger partial charge on any atom is 0.169 e. The molecular weight excluding hydrogens is 322 g/mol. The zero-order valence-electron chi connectivity index (χ0n) is 11.5. The Kier molecular flexibility index (Phi) is 5.07. The number of aromatic nitrogens is 2. The third-order valence-electron chi connectivity index (χ3n) is 3.01. The van der Waals surface area contributed by atoms with E-state index >= 15 is 0 Å². The zero-order valence-corrected chi connectivity index (χ0v) is 13.9. The van der Waals surface area contributed by atoms with Crippen molar-refractivity contribution in [2.45, 2.75) is 27.2 Å². The second kappa shape index (κ2) is 6.59. The molecule has 0 aliphatic carbocycles. The number of nitrogens with one attached hydrogen (secondary N) is 1. The normalized spacial score (nSPS) is 10.9. The third-order valence-corrected chi connectivity index (χ3v) is 4.70. The molecule has 0 radical (unpaired) electrons. The topological polar surface area (TPSA) is 37.8 Å². The Hall–Kier alpha value is -0.780. The summed E-state index contributed by atoms with van der Waals surface area (Å²) < 4.78 is 1.09. The molecule has 0 saturated heterocycles. The standard InChI is InChI=1S/C14H18BrN3S/c1-4-16-6-5-12-9(2)17-14(18-10(12)3)13-7-11(15)8-19-13/h7-8,16H,4-6H2,1-3H3. The molecule has 1 N–H and O–H groups in total. The maximum absolute atomic E-state index is 4.65. The minimum atomic E-state index is 0.831. The van der Waals surface area contributed by atoms with Gasteiger partial charge in [-0.25, -0.2) is 9.97 Å². The van der Waals surface area contributed by atoms with Gasteiger partial charge in [0, 0.05) is 21.2 Å². The lowest BCUT2D eigenvalue weighted by molar-refractivity contribution is 0.708. The molecule has 2 rings (SSSR count). The van der Waals surface area contributed by atoms with Gasteiger partial charge in [0.05, 0.1) is 4.88 Å². The van der Waals surface area contributed by atoms with Crippen molar-refractivity contribution in [3.05, 3.63) is 32.9 Å². The summed E-state index contributed by atoms with van der Waals surface area (Å²) in [5.41, 5.74) is 3.44. The van der Waals surface area contributed by atoms with Crippen LogP contribution in [0.5, 0.6) is 0 Å². The van der Waals surface area contributed by atoms with Crippen molar-refractivity contribution in [3.63, 3.8) is 0 Å². The molecule has 0 fully saturated rings. The summed E-state index contributed by atoms with van der Waals surface area (Å²) in [6.45, 7) is 8.24. The number of hydrogen-bond acceptors (Lipinski definition) is 4. The quantitative estimate of drug-likeness (QED) is 0.843. The minimum absolute atomic E-state index is 0.831. The fraction of sp³-hybridized carbons (Fsp3) is 0.429. The highest BCUT2D eigenvalue weighted by molar-refractivity contribution is 9.10. The lowest BCUT2D eigenvalue weighted by Crippen LogP contribution is -2.17. The molecule has 0 spiro atoms. The van der Waals surface area contributed by atoms with E-state index in [0.29, 0.717) is 0 Å². The lowest BCUT2D eigenvalue weighted by atomic mass is 10.1. The average molecular weight is 340 g/mol. The molecule has 0 aliphatic rings. The Morgan fingerprint density at radius 1 is 1.26 bits per heavy atom. The molecule has 102 valence electrons. The molecule has 0 aliphatic heterocycles. The van der Waals surface area contributed by atoms with E-state index in [9.17, 15) is 0 Å². The molecule has 5 heteroatoms. The highest BCUT2D eigenvalue weighted by Crippen LogP contribution is 2.28. The fourth-order valence-corrected chi connectivity index (χ4v) is 3.39. The van der Waals surface area contributed by atoms with E-state index in [1.807, 2.05) is 0 Å². The molecule has 0 atom stereocenters. The number of rotatable bonds is 5. The Morgan fingerprint density at radius 2 is 1.95 bits per heavy atom. The van der Waals surface area contributed by atoms with Crippen LogP contribution in [0.4, 0.5) is 0 Å². The minimum Gasteiger partial charge on any atom is -0.317 e. The van der Waals surface area contributed by atoms with Crippen LogP contribution in [0, 0.1) is 13.8 Å². The summed E-state index contributed by atoms with van der Waals surface area (Å²) in [5.74, 6) is 0.831. The van der Waals surface area contributed by atoms with Crippen molar-refractivity contribution >= 4 is 27.3 Å². The monoisotopic (exact) mass is 339 g/mol. The molecule has 0 saturated carbocycles. The number of likely N-dealkylation sites (N-methyl/N-ethyl adjacent to an activating group) is 1. The number of hydrogen-bond donors (Lipinski definition) is 1. The molecule has 0 amide bonds. The largest absolute Gasteiger partial charge is 0.317 e. The van der Waals surface area contributed by atoms with Crippen LogP contribution in [0.3, 0.4) is 0 Å². The first kappa shape index (κ1) is 14.6. The van der Waals surface area contributed by atoms with Crippen LogP contribution in [0.15, 0.2) is 15.9 Å². The van der Waals surface area contributed by atoms with Crippen molar-refractivity contribution in [1.29, 1.82) is 0 Å². The lowest BCUT2D eigenvalue weighted by Gasteiger charge is -2.10. The van der Waals surface area contributed by atoms with Crippen LogP contribution in [0.2, 0.25) is 0 Å². The van der Waals surface area contributed by atoms with E-state index in [4.69, 9.17) is 0 Å². The summed E-state index contributed by atoms with van der Waals surface area (Å²) in [6, 6.07) is 2.07. The Morgan fingerprint density at radius 3 is 2.47 bits per heavy atom. The van der Waals surface area contributed by atoms with E-state index in [2.05, 4.69) is 63.4 Å². The van der Waals surface area contributed by atoms with Crippen molar-refractivity contribution in [2.24, 2.45) is 0 Å². The van der Waals surface area contributed by atoms with Gasteiger partial charge in [0.2, 0.25) is 0 Å². The highest BCUT2D eigenvalue weighted by Gasteiger charge is 2.11. The molecule has 2 heterocycles. The molecule has 2 aromatic heterocycles. The van der Waals surface area contributed by atoms with E-state index in [1.165, 1.54) is 5.56 Å². The van der Waals surface area contributed by atoms with E-state index in [0.717, 1.165) is 46.1 Å². The Bertz CT molecular complexity index is 543. The predicted octanol–water partition coefficient (Wildman–Crippen LogP) is 3.74. The van der Waals surface area contributed by atoms with E-state index < -0.39 is 0 Å². The molecule has 0 aromatic carbocycles. The number of nitrogens with zero attached hydrogens (tertiary/aromatic N) is 2. The molecule has 0 bridgehead atoms. The summed E-state index contributed by atoms with van der Waals surface area (Å²) in [5, 5.41) is 5.40. The smallest absolute Gasteiger partial charge is 0.169 e. The van der Waals surface area contributed by atoms with Crippen LogP contribution in [-0.2, 0) is 6.42 Å². The Labute approximate surface area is 126 Å². The van der Waals surface area contributed by atoms with Gasteiger partial charge in [-0.1, -0.05) is 6.92 Å². The Balaban J connectivity index is 2.26.